The van der Waals surface area contributed by atoms with Crippen molar-refractivity contribution < 1.29 is 21.9 Å². The second-order valence-corrected chi connectivity index (χ2v) is 8.38. The molecule has 0 spiro atoms. The van der Waals surface area contributed by atoms with E-state index in [1.165, 1.54) is 19.2 Å². The second kappa shape index (κ2) is 7.00. The Morgan fingerprint density at radius 1 is 1.33 bits per heavy atom. The van der Waals surface area contributed by atoms with Crippen LogP contribution < -0.4 is 4.72 Å². The van der Waals surface area contributed by atoms with Gasteiger partial charge in [-0.15, -0.1) is 0 Å². The van der Waals surface area contributed by atoms with Gasteiger partial charge in [-0.05, 0) is 13.0 Å². The highest BCUT2D eigenvalue weighted by atomic mass is 32.2. The lowest BCUT2D eigenvalue weighted by Gasteiger charge is -2.13. The number of hydrogen-bond acceptors (Lipinski definition) is 6. The van der Waals surface area contributed by atoms with Crippen molar-refractivity contribution >= 4 is 19.9 Å². The fourth-order valence-electron chi connectivity index (χ4n) is 1.60. The first-order valence-electron chi connectivity index (χ1n) is 5.89. The average Bonchev–Trinajstić information content (AvgIpc) is 2.33. The average molecular weight is 332 g/mol. The Bertz CT molecular complexity index is 760. The molecule has 0 aliphatic carbocycles. The smallest absolute Gasteiger partial charge is 0.242 e. The first-order valence-corrected chi connectivity index (χ1v) is 9.43. The quantitative estimate of drug-likeness (QED) is 0.678. The highest BCUT2D eigenvalue weighted by molar-refractivity contribution is 7.91. The van der Waals surface area contributed by atoms with Crippen LogP contribution in [0.25, 0.3) is 0 Å². The molecule has 0 aliphatic heterocycles. The van der Waals surface area contributed by atoms with Gasteiger partial charge in [0.1, 0.15) is 21.3 Å². The molecule has 1 aromatic heterocycles. The van der Waals surface area contributed by atoms with Crippen LogP contribution in [0.3, 0.4) is 0 Å². The Kier molecular flexibility index (Phi) is 5.86. The molecule has 7 nitrogen and oxygen atoms in total. The Morgan fingerprint density at radius 3 is 2.57 bits per heavy atom. The minimum atomic E-state index is -3.89. The molecule has 0 saturated carbocycles. The van der Waals surface area contributed by atoms with Crippen molar-refractivity contribution in [2.75, 3.05) is 18.6 Å². The predicted octanol–water partition coefficient (Wildman–Crippen LogP) is -0.863. The predicted molar refractivity (Wildman–Crippen MR) is 77.7 cm³/mol. The molecule has 0 aromatic carbocycles. The summed E-state index contributed by atoms with van der Waals surface area (Å²) in [6, 6.07) is 0.530. The first kappa shape index (κ1) is 17.6. The molecule has 116 valence electrons. The van der Waals surface area contributed by atoms with Crippen molar-refractivity contribution in [3.05, 3.63) is 24.0 Å². The lowest BCUT2D eigenvalue weighted by atomic mass is 10.3. The zero-order valence-corrected chi connectivity index (χ0v) is 13.2. The number of pyridine rings is 1. The maximum atomic E-state index is 12.1. The molecule has 0 bridgehead atoms. The number of sulfone groups is 1. The van der Waals surface area contributed by atoms with Crippen LogP contribution in [0.2, 0.25) is 0 Å². The normalized spacial score (nSPS) is 13.3. The number of aliphatic hydroxyl groups is 1. The first-order chi connectivity index (χ1) is 9.64. The van der Waals surface area contributed by atoms with Gasteiger partial charge in [0.05, 0.1) is 5.75 Å². The number of hydrogen-bond donors (Lipinski definition) is 2. The van der Waals surface area contributed by atoms with Crippen LogP contribution in [-0.2, 0) is 19.9 Å². The van der Waals surface area contributed by atoms with Gasteiger partial charge in [-0.3, -0.25) is 4.98 Å². The fourth-order valence-corrected chi connectivity index (χ4v) is 3.92. The molecular formula is C12H16N2O5S2. The monoisotopic (exact) mass is 332 g/mol. The third kappa shape index (κ3) is 6.22. The van der Waals surface area contributed by atoms with Crippen molar-refractivity contribution in [1.29, 1.82) is 0 Å². The van der Waals surface area contributed by atoms with E-state index in [-0.39, 0.29) is 17.3 Å². The van der Waals surface area contributed by atoms with Gasteiger partial charge in [0.2, 0.25) is 10.0 Å². The zero-order chi connectivity index (χ0) is 16.1. The molecule has 9 heteroatoms. The van der Waals surface area contributed by atoms with E-state index in [4.69, 9.17) is 5.11 Å². The van der Waals surface area contributed by atoms with Crippen molar-refractivity contribution in [3.63, 3.8) is 0 Å². The van der Waals surface area contributed by atoms with Crippen LogP contribution in [0.5, 0.6) is 0 Å². The maximum Gasteiger partial charge on any atom is 0.242 e. The second-order valence-electron chi connectivity index (χ2n) is 4.48. The van der Waals surface area contributed by atoms with Gasteiger partial charge in [0.25, 0.3) is 0 Å². The summed E-state index contributed by atoms with van der Waals surface area (Å²) in [7, 11) is -7.18. The van der Waals surface area contributed by atoms with Gasteiger partial charge in [0, 0.05) is 30.3 Å². The Labute approximate surface area is 124 Å². The van der Waals surface area contributed by atoms with E-state index in [2.05, 4.69) is 21.5 Å². The van der Waals surface area contributed by atoms with Crippen molar-refractivity contribution in [2.45, 2.75) is 17.9 Å². The number of nitrogens with one attached hydrogen (secondary N) is 1. The lowest BCUT2D eigenvalue weighted by molar-refractivity contribution is 0.350. The molecular weight excluding hydrogens is 316 g/mol. The van der Waals surface area contributed by atoms with Gasteiger partial charge < -0.3 is 5.11 Å². The number of nitrogens with zero attached hydrogens (tertiary/aromatic N) is 1. The van der Waals surface area contributed by atoms with Gasteiger partial charge in [-0.2, -0.15) is 0 Å². The van der Waals surface area contributed by atoms with Crippen LogP contribution in [0, 0.1) is 11.8 Å². The third-order valence-electron chi connectivity index (χ3n) is 2.24. The summed E-state index contributed by atoms with van der Waals surface area (Å²) in [4.78, 5) is 3.65. The van der Waals surface area contributed by atoms with Crippen LogP contribution in [0.15, 0.2) is 23.4 Å². The maximum absolute atomic E-state index is 12.1. The molecule has 2 N–H and O–H groups in total. The Hall–Kier alpha value is -1.47. The van der Waals surface area contributed by atoms with E-state index in [0.29, 0.717) is 5.56 Å². The number of aromatic nitrogens is 1. The van der Waals surface area contributed by atoms with E-state index < -0.39 is 25.9 Å². The van der Waals surface area contributed by atoms with Crippen LogP contribution in [0.4, 0.5) is 0 Å². The minimum Gasteiger partial charge on any atom is -0.384 e. The Balaban J connectivity index is 2.98. The summed E-state index contributed by atoms with van der Waals surface area (Å²) in [5.41, 5.74) is 0.336. The molecule has 0 amide bonds. The molecule has 1 heterocycles. The fraction of sp³-hybridized carbons (Fsp3) is 0.417. The number of rotatable bonds is 5. The van der Waals surface area contributed by atoms with E-state index in [0.717, 1.165) is 12.5 Å². The summed E-state index contributed by atoms with van der Waals surface area (Å²) >= 11 is 0. The van der Waals surface area contributed by atoms with Gasteiger partial charge in [-0.25, -0.2) is 21.6 Å². The number of sulfonamides is 1. The highest BCUT2D eigenvalue weighted by Crippen LogP contribution is 2.10. The van der Waals surface area contributed by atoms with Crippen LogP contribution >= 0.6 is 0 Å². The van der Waals surface area contributed by atoms with Crippen molar-refractivity contribution in [2.24, 2.45) is 0 Å². The SMILES string of the molecule is CC(CS(C)(=O)=O)NS(=O)(=O)c1cncc(C#CCO)c1. The molecule has 21 heavy (non-hydrogen) atoms. The lowest BCUT2D eigenvalue weighted by Crippen LogP contribution is -2.37. The molecule has 1 atom stereocenters. The van der Waals surface area contributed by atoms with E-state index in [9.17, 15) is 16.8 Å². The summed E-state index contributed by atoms with van der Waals surface area (Å²) < 4.78 is 48.8. The third-order valence-corrected chi connectivity index (χ3v) is 4.91. The topological polar surface area (TPSA) is 113 Å². The molecule has 0 radical (unpaired) electrons. The molecule has 1 aromatic rings. The molecule has 0 saturated heterocycles. The van der Waals surface area contributed by atoms with Crippen LogP contribution in [-0.4, -0.2) is 51.6 Å². The molecule has 0 fully saturated rings. The zero-order valence-electron chi connectivity index (χ0n) is 11.6. The minimum absolute atomic E-state index is 0.118. The van der Waals surface area contributed by atoms with Crippen molar-refractivity contribution in [3.8, 4) is 11.8 Å². The summed E-state index contributed by atoms with van der Waals surface area (Å²) in [6.45, 7) is 1.11. The van der Waals surface area contributed by atoms with Gasteiger partial charge >= 0.3 is 0 Å². The summed E-state index contributed by atoms with van der Waals surface area (Å²) in [6.07, 6.45) is 3.53. The van der Waals surface area contributed by atoms with Gasteiger partial charge in [-0.1, -0.05) is 11.8 Å². The number of aliphatic hydroxyl groups excluding tert-OH is 1. The standard InChI is InChI=1S/C12H16N2O5S2/c1-10(9-20(2,16)17)14-21(18,19)12-6-11(4-3-5-15)7-13-8-12/h6-8,10,14-15H,5,9H2,1-2H3. The van der Waals surface area contributed by atoms with E-state index in [1.54, 1.807) is 0 Å². The van der Waals surface area contributed by atoms with Gasteiger partial charge in [0.15, 0.2) is 0 Å². The highest BCUT2D eigenvalue weighted by Gasteiger charge is 2.20. The van der Waals surface area contributed by atoms with E-state index >= 15 is 0 Å². The summed E-state index contributed by atoms with van der Waals surface area (Å²) in [5, 5.41) is 8.60. The molecule has 0 aliphatic rings. The van der Waals surface area contributed by atoms with E-state index in [1.807, 2.05) is 0 Å². The Morgan fingerprint density at radius 2 is 2.00 bits per heavy atom. The van der Waals surface area contributed by atoms with Crippen LogP contribution in [0.1, 0.15) is 12.5 Å². The largest absolute Gasteiger partial charge is 0.384 e. The molecule has 1 unspecified atom stereocenters. The van der Waals surface area contributed by atoms with Crippen molar-refractivity contribution in [1.82, 2.24) is 9.71 Å². The summed E-state index contributed by atoms with van der Waals surface area (Å²) in [5.74, 6) is 4.63. The molecule has 1 rings (SSSR count).